The van der Waals surface area contributed by atoms with E-state index in [1.54, 1.807) is 11.3 Å². The second-order valence-corrected chi connectivity index (χ2v) is 4.60. The van der Waals surface area contributed by atoms with Gasteiger partial charge in [-0.25, -0.2) is 0 Å². The summed E-state index contributed by atoms with van der Waals surface area (Å²) in [6.07, 6.45) is 8.30. The van der Waals surface area contributed by atoms with Crippen LogP contribution in [-0.2, 0) is 0 Å². The molecule has 1 nitrogen and oxygen atoms in total. The van der Waals surface area contributed by atoms with Gasteiger partial charge in [-0.05, 0) is 48.7 Å². The summed E-state index contributed by atoms with van der Waals surface area (Å²) in [5, 5.41) is 7.77. The van der Waals surface area contributed by atoms with Gasteiger partial charge in [0, 0.05) is 6.04 Å². The van der Waals surface area contributed by atoms with E-state index in [-0.39, 0.29) is 0 Å². The summed E-state index contributed by atoms with van der Waals surface area (Å²) in [4.78, 5) is 0. The molecule has 0 amide bonds. The van der Waals surface area contributed by atoms with E-state index in [1.807, 2.05) is 13.1 Å². The van der Waals surface area contributed by atoms with Gasteiger partial charge in [0.25, 0.3) is 0 Å². The first-order chi connectivity index (χ1) is 7.38. The summed E-state index contributed by atoms with van der Waals surface area (Å²) in [7, 11) is 2.05. The Balaban J connectivity index is 2.20. The van der Waals surface area contributed by atoms with E-state index in [2.05, 4.69) is 28.7 Å². The fourth-order valence-corrected chi connectivity index (χ4v) is 2.48. The SMILES string of the molecule is C=CCCCCCC(NC)c1ccsc1. The maximum Gasteiger partial charge on any atom is 0.0325 e. The average Bonchev–Trinajstić information content (AvgIpc) is 2.77. The van der Waals surface area contributed by atoms with Gasteiger partial charge in [-0.3, -0.25) is 0 Å². The van der Waals surface area contributed by atoms with Crippen LogP contribution in [0.25, 0.3) is 0 Å². The number of hydrogen-bond acceptors (Lipinski definition) is 2. The highest BCUT2D eigenvalue weighted by Crippen LogP contribution is 2.21. The predicted octanol–water partition coefficient (Wildman–Crippen LogP) is 4.15. The Hall–Kier alpha value is -0.600. The normalized spacial score (nSPS) is 12.6. The van der Waals surface area contributed by atoms with E-state index >= 15 is 0 Å². The molecule has 0 aliphatic rings. The molecule has 0 saturated carbocycles. The van der Waals surface area contributed by atoms with Crippen LogP contribution in [0, 0.1) is 0 Å². The zero-order valence-electron chi connectivity index (χ0n) is 9.54. The van der Waals surface area contributed by atoms with E-state index in [0.29, 0.717) is 6.04 Å². The molecular formula is C13H21NS. The third-order valence-electron chi connectivity index (χ3n) is 2.70. The molecule has 1 atom stereocenters. The van der Waals surface area contributed by atoms with Gasteiger partial charge < -0.3 is 5.32 Å². The Morgan fingerprint density at radius 2 is 2.33 bits per heavy atom. The molecular weight excluding hydrogens is 202 g/mol. The largest absolute Gasteiger partial charge is 0.313 e. The van der Waals surface area contributed by atoms with Gasteiger partial charge in [0.05, 0.1) is 0 Å². The minimum Gasteiger partial charge on any atom is -0.313 e. The van der Waals surface area contributed by atoms with Gasteiger partial charge >= 0.3 is 0 Å². The summed E-state index contributed by atoms with van der Waals surface area (Å²) >= 11 is 1.78. The monoisotopic (exact) mass is 223 g/mol. The third kappa shape index (κ3) is 4.63. The molecule has 0 fully saturated rings. The van der Waals surface area contributed by atoms with Gasteiger partial charge in [0.2, 0.25) is 0 Å². The van der Waals surface area contributed by atoms with Crippen molar-refractivity contribution in [2.75, 3.05) is 7.05 Å². The van der Waals surface area contributed by atoms with Crippen molar-refractivity contribution in [2.45, 2.75) is 38.1 Å². The van der Waals surface area contributed by atoms with E-state index in [0.717, 1.165) is 6.42 Å². The zero-order chi connectivity index (χ0) is 10.9. The van der Waals surface area contributed by atoms with Gasteiger partial charge in [0.1, 0.15) is 0 Å². The zero-order valence-corrected chi connectivity index (χ0v) is 10.4. The molecule has 15 heavy (non-hydrogen) atoms. The van der Waals surface area contributed by atoms with Crippen LogP contribution in [-0.4, -0.2) is 7.05 Å². The van der Waals surface area contributed by atoms with Crippen LogP contribution in [0.1, 0.15) is 43.7 Å². The summed E-state index contributed by atoms with van der Waals surface area (Å²) in [5.74, 6) is 0. The van der Waals surface area contributed by atoms with Crippen LogP contribution in [0.2, 0.25) is 0 Å². The number of hydrogen-bond donors (Lipinski definition) is 1. The molecule has 1 N–H and O–H groups in total. The molecule has 1 heterocycles. The average molecular weight is 223 g/mol. The van der Waals surface area contributed by atoms with E-state index < -0.39 is 0 Å². The molecule has 0 aliphatic heterocycles. The van der Waals surface area contributed by atoms with Crippen molar-refractivity contribution in [1.82, 2.24) is 5.32 Å². The second-order valence-electron chi connectivity index (χ2n) is 3.82. The van der Waals surface area contributed by atoms with Crippen molar-refractivity contribution in [3.05, 3.63) is 35.0 Å². The molecule has 0 saturated heterocycles. The summed E-state index contributed by atoms with van der Waals surface area (Å²) in [6, 6.07) is 2.76. The Morgan fingerprint density at radius 3 is 2.93 bits per heavy atom. The third-order valence-corrected chi connectivity index (χ3v) is 3.40. The highest BCUT2D eigenvalue weighted by Gasteiger charge is 2.08. The van der Waals surface area contributed by atoms with Crippen LogP contribution in [0.5, 0.6) is 0 Å². The van der Waals surface area contributed by atoms with Gasteiger partial charge in [-0.1, -0.05) is 18.9 Å². The summed E-state index contributed by atoms with van der Waals surface area (Å²) < 4.78 is 0. The first-order valence-electron chi connectivity index (χ1n) is 5.68. The molecule has 0 bridgehead atoms. The maximum absolute atomic E-state index is 3.74. The van der Waals surface area contributed by atoms with Crippen molar-refractivity contribution in [2.24, 2.45) is 0 Å². The summed E-state index contributed by atoms with van der Waals surface area (Å²) in [6.45, 7) is 3.74. The number of nitrogens with one attached hydrogen (secondary N) is 1. The molecule has 0 spiro atoms. The standard InChI is InChI=1S/C13H21NS/c1-3-4-5-6-7-8-13(14-2)12-9-10-15-11-12/h3,9-11,13-14H,1,4-8H2,2H3. The minimum absolute atomic E-state index is 0.542. The van der Waals surface area contributed by atoms with Gasteiger partial charge in [0.15, 0.2) is 0 Å². The van der Waals surface area contributed by atoms with Crippen LogP contribution >= 0.6 is 11.3 Å². The lowest BCUT2D eigenvalue weighted by atomic mass is 10.0. The molecule has 84 valence electrons. The first-order valence-corrected chi connectivity index (χ1v) is 6.63. The van der Waals surface area contributed by atoms with Crippen molar-refractivity contribution in [3.8, 4) is 0 Å². The van der Waals surface area contributed by atoms with E-state index in [9.17, 15) is 0 Å². The first kappa shape index (κ1) is 12.5. The fraction of sp³-hybridized carbons (Fsp3) is 0.538. The van der Waals surface area contributed by atoms with E-state index in [4.69, 9.17) is 0 Å². The number of rotatable bonds is 8. The lowest BCUT2D eigenvalue weighted by Crippen LogP contribution is -2.15. The number of thiophene rings is 1. The fourth-order valence-electron chi connectivity index (χ4n) is 1.76. The topological polar surface area (TPSA) is 12.0 Å². The molecule has 0 radical (unpaired) electrons. The second kappa shape index (κ2) is 7.66. The van der Waals surface area contributed by atoms with Crippen molar-refractivity contribution < 1.29 is 0 Å². The molecule has 2 heteroatoms. The van der Waals surface area contributed by atoms with Crippen LogP contribution in [0.3, 0.4) is 0 Å². The van der Waals surface area contributed by atoms with Gasteiger partial charge in [-0.15, -0.1) is 6.58 Å². The molecule has 1 unspecified atom stereocenters. The lowest BCUT2D eigenvalue weighted by Gasteiger charge is -2.14. The minimum atomic E-state index is 0.542. The quantitative estimate of drug-likeness (QED) is 0.516. The van der Waals surface area contributed by atoms with Gasteiger partial charge in [-0.2, -0.15) is 11.3 Å². The smallest absolute Gasteiger partial charge is 0.0325 e. The Labute approximate surface area is 97.2 Å². The Kier molecular flexibility index (Phi) is 6.37. The van der Waals surface area contributed by atoms with Crippen LogP contribution < -0.4 is 5.32 Å². The molecule has 0 aliphatic carbocycles. The molecule has 1 aromatic heterocycles. The number of allylic oxidation sites excluding steroid dienone is 1. The molecule has 0 aromatic carbocycles. The predicted molar refractivity (Wildman–Crippen MR) is 69.4 cm³/mol. The highest BCUT2D eigenvalue weighted by atomic mass is 32.1. The van der Waals surface area contributed by atoms with Crippen molar-refractivity contribution >= 4 is 11.3 Å². The van der Waals surface area contributed by atoms with E-state index in [1.165, 1.54) is 31.2 Å². The van der Waals surface area contributed by atoms with Crippen LogP contribution in [0.4, 0.5) is 0 Å². The summed E-state index contributed by atoms with van der Waals surface area (Å²) in [5.41, 5.74) is 1.44. The number of unbranched alkanes of at least 4 members (excludes halogenated alkanes) is 3. The van der Waals surface area contributed by atoms with Crippen LogP contribution in [0.15, 0.2) is 29.5 Å². The molecule has 1 aromatic rings. The Morgan fingerprint density at radius 1 is 1.47 bits per heavy atom. The van der Waals surface area contributed by atoms with Crippen molar-refractivity contribution in [1.29, 1.82) is 0 Å². The maximum atomic E-state index is 3.74. The van der Waals surface area contributed by atoms with Crippen molar-refractivity contribution in [3.63, 3.8) is 0 Å². The Bertz CT molecular complexity index is 254. The molecule has 1 rings (SSSR count). The highest BCUT2D eigenvalue weighted by molar-refractivity contribution is 7.07. The lowest BCUT2D eigenvalue weighted by molar-refractivity contribution is 0.509.